The highest BCUT2D eigenvalue weighted by molar-refractivity contribution is 5.07. The van der Waals surface area contributed by atoms with Crippen molar-refractivity contribution >= 4 is 0 Å². The molecule has 1 unspecified atom stereocenters. The number of rotatable bonds is 3. The summed E-state index contributed by atoms with van der Waals surface area (Å²) in [7, 11) is 0. The van der Waals surface area contributed by atoms with Crippen LogP contribution in [0.25, 0.3) is 0 Å². The summed E-state index contributed by atoms with van der Waals surface area (Å²) < 4.78 is 10.9. The van der Waals surface area contributed by atoms with Crippen LogP contribution in [0.1, 0.15) is 50.2 Å². The van der Waals surface area contributed by atoms with Gasteiger partial charge in [-0.05, 0) is 38.5 Å². The highest BCUT2D eigenvalue weighted by atomic mass is 16.5. The van der Waals surface area contributed by atoms with Crippen LogP contribution in [0.3, 0.4) is 0 Å². The van der Waals surface area contributed by atoms with Crippen LogP contribution in [-0.2, 0) is 16.7 Å². The molecule has 1 aliphatic heterocycles. The van der Waals surface area contributed by atoms with Crippen molar-refractivity contribution in [3.63, 3.8) is 0 Å². The van der Waals surface area contributed by atoms with Gasteiger partial charge in [0, 0.05) is 13.0 Å². The number of ether oxygens (including phenoxy) is 1. The summed E-state index contributed by atoms with van der Waals surface area (Å²) in [5, 5.41) is 4.01. The van der Waals surface area contributed by atoms with Gasteiger partial charge in [0.15, 0.2) is 5.82 Å². The molecule has 0 spiro atoms. The first kappa shape index (κ1) is 11.2. The van der Waals surface area contributed by atoms with Crippen LogP contribution in [0.2, 0.25) is 0 Å². The predicted octanol–water partition coefficient (Wildman–Crippen LogP) is 1.52. The predicted molar refractivity (Wildman–Crippen MR) is 61.3 cm³/mol. The molecule has 3 rings (SSSR count). The van der Waals surface area contributed by atoms with E-state index >= 15 is 0 Å². The fraction of sp³-hybridized carbons (Fsp3) is 0.833. The summed E-state index contributed by atoms with van der Waals surface area (Å²) in [6.07, 6.45) is 7.56. The van der Waals surface area contributed by atoms with Crippen molar-refractivity contribution in [1.29, 1.82) is 0 Å². The lowest BCUT2D eigenvalue weighted by molar-refractivity contribution is 0.0153. The van der Waals surface area contributed by atoms with E-state index in [4.69, 9.17) is 15.0 Å². The van der Waals surface area contributed by atoms with Gasteiger partial charge in [0.05, 0.1) is 11.6 Å². The average Bonchev–Trinajstić information content (AvgIpc) is 2.76. The smallest absolute Gasteiger partial charge is 0.246 e. The zero-order valence-electron chi connectivity index (χ0n) is 10.0. The Labute approximate surface area is 101 Å². The van der Waals surface area contributed by atoms with E-state index in [0.29, 0.717) is 5.89 Å². The average molecular weight is 237 g/mol. The second-order valence-electron chi connectivity index (χ2n) is 5.22. The van der Waals surface area contributed by atoms with Crippen LogP contribution in [0.4, 0.5) is 0 Å². The molecule has 0 radical (unpaired) electrons. The monoisotopic (exact) mass is 237 g/mol. The molecule has 1 saturated heterocycles. The molecule has 5 nitrogen and oxygen atoms in total. The van der Waals surface area contributed by atoms with Gasteiger partial charge in [-0.2, -0.15) is 4.98 Å². The highest BCUT2D eigenvalue weighted by Gasteiger charge is 2.40. The Hall–Kier alpha value is -0.940. The molecule has 2 N–H and O–H groups in total. The molecular weight excluding hydrogens is 218 g/mol. The van der Waals surface area contributed by atoms with E-state index in [0.717, 1.165) is 44.5 Å². The van der Waals surface area contributed by atoms with E-state index in [2.05, 4.69) is 10.1 Å². The Bertz CT molecular complexity index is 381. The highest BCUT2D eigenvalue weighted by Crippen LogP contribution is 2.37. The lowest BCUT2D eigenvalue weighted by atomic mass is 9.78. The normalized spacial score (nSPS) is 27.7. The summed E-state index contributed by atoms with van der Waals surface area (Å²) in [6, 6.07) is 0. The van der Waals surface area contributed by atoms with Gasteiger partial charge in [0.1, 0.15) is 0 Å². The Balaban J connectivity index is 1.63. The molecule has 1 aliphatic carbocycles. The molecule has 1 aromatic heterocycles. The molecule has 0 bridgehead atoms. The van der Waals surface area contributed by atoms with Gasteiger partial charge in [-0.15, -0.1) is 0 Å². The van der Waals surface area contributed by atoms with Crippen LogP contribution in [0.15, 0.2) is 4.52 Å². The van der Waals surface area contributed by atoms with E-state index < -0.39 is 0 Å². The van der Waals surface area contributed by atoms with Crippen molar-refractivity contribution in [3.05, 3.63) is 11.7 Å². The SMILES string of the molecule is NC1(c2nc(CC3CCCCO3)no2)CCC1. The number of hydrogen-bond donors (Lipinski definition) is 1. The quantitative estimate of drug-likeness (QED) is 0.862. The van der Waals surface area contributed by atoms with Crippen molar-refractivity contribution in [3.8, 4) is 0 Å². The van der Waals surface area contributed by atoms with E-state index in [-0.39, 0.29) is 11.6 Å². The van der Waals surface area contributed by atoms with Crippen molar-refractivity contribution in [2.45, 2.75) is 56.6 Å². The second-order valence-corrected chi connectivity index (χ2v) is 5.22. The minimum atomic E-state index is -0.349. The topological polar surface area (TPSA) is 74.2 Å². The zero-order valence-corrected chi connectivity index (χ0v) is 10.0. The minimum Gasteiger partial charge on any atom is -0.378 e. The molecule has 2 heterocycles. The molecule has 0 aromatic carbocycles. The number of nitrogens with two attached hydrogens (primary N) is 1. The molecule has 0 amide bonds. The Morgan fingerprint density at radius 3 is 2.82 bits per heavy atom. The lowest BCUT2D eigenvalue weighted by Crippen LogP contribution is -2.43. The summed E-state index contributed by atoms with van der Waals surface area (Å²) >= 11 is 0. The summed E-state index contributed by atoms with van der Waals surface area (Å²) in [4.78, 5) is 4.42. The van der Waals surface area contributed by atoms with Crippen LogP contribution in [-0.4, -0.2) is 22.9 Å². The van der Waals surface area contributed by atoms with Crippen LogP contribution in [0.5, 0.6) is 0 Å². The first-order chi connectivity index (χ1) is 8.26. The minimum absolute atomic E-state index is 0.254. The Morgan fingerprint density at radius 2 is 2.18 bits per heavy atom. The number of aromatic nitrogens is 2. The summed E-state index contributed by atoms with van der Waals surface area (Å²) in [5.41, 5.74) is 5.79. The van der Waals surface area contributed by atoms with Crippen molar-refractivity contribution < 1.29 is 9.26 Å². The maximum absolute atomic E-state index is 6.14. The number of hydrogen-bond acceptors (Lipinski definition) is 5. The maximum Gasteiger partial charge on any atom is 0.246 e. The van der Waals surface area contributed by atoms with Crippen molar-refractivity contribution in [1.82, 2.24) is 10.1 Å². The third-order valence-electron chi connectivity index (χ3n) is 3.82. The molecule has 17 heavy (non-hydrogen) atoms. The first-order valence-corrected chi connectivity index (χ1v) is 6.50. The third kappa shape index (κ3) is 2.21. The van der Waals surface area contributed by atoms with Crippen LogP contribution >= 0.6 is 0 Å². The van der Waals surface area contributed by atoms with E-state index in [1.807, 2.05) is 0 Å². The van der Waals surface area contributed by atoms with Gasteiger partial charge in [0.2, 0.25) is 5.89 Å². The van der Waals surface area contributed by atoms with E-state index in [1.54, 1.807) is 0 Å². The molecule has 1 aromatic rings. The summed E-state index contributed by atoms with van der Waals surface area (Å²) in [6.45, 7) is 0.857. The van der Waals surface area contributed by atoms with Gasteiger partial charge in [0.25, 0.3) is 0 Å². The Morgan fingerprint density at radius 1 is 1.29 bits per heavy atom. The molecule has 1 atom stereocenters. The van der Waals surface area contributed by atoms with Crippen LogP contribution < -0.4 is 5.73 Å². The zero-order chi connectivity index (χ0) is 11.7. The van der Waals surface area contributed by atoms with Crippen LogP contribution in [0, 0.1) is 0 Å². The summed E-state index contributed by atoms with van der Waals surface area (Å²) in [5.74, 6) is 1.35. The molecular formula is C12H19N3O2. The number of nitrogens with zero attached hydrogens (tertiary/aromatic N) is 2. The molecule has 5 heteroatoms. The maximum atomic E-state index is 6.14. The van der Waals surface area contributed by atoms with Crippen molar-refractivity contribution in [2.24, 2.45) is 5.73 Å². The van der Waals surface area contributed by atoms with Crippen molar-refractivity contribution in [2.75, 3.05) is 6.61 Å². The largest absolute Gasteiger partial charge is 0.378 e. The second kappa shape index (κ2) is 4.38. The third-order valence-corrected chi connectivity index (χ3v) is 3.82. The van der Waals surface area contributed by atoms with Gasteiger partial charge in [-0.1, -0.05) is 5.16 Å². The lowest BCUT2D eigenvalue weighted by Gasteiger charge is -2.33. The molecule has 1 saturated carbocycles. The van der Waals surface area contributed by atoms with Gasteiger partial charge in [-0.3, -0.25) is 0 Å². The fourth-order valence-electron chi connectivity index (χ4n) is 2.48. The first-order valence-electron chi connectivity index (χ1n) is 6.50. The molecule has 2 aliphatic rings. The molecule has 2 fully saturated rings. The van der Waals surface area contributed by atoms with Gasteiger partial charge >= 0.3 is 0 Å². The van der Waals surface area contributed by atoms with Gasteiger partial charge in [-0.25, -0.2) is 0 Å². The standard InChI is InChI=1S/C12H19N3O2/c13-12(5-3-6-12)11-14-10(15-17-11)8-9-4-1-2-7-16-9/h9H,1-8,13H2. The van der Waals surface area contributed by atoms with E-state index in [1.165, 1.54) is 12.8 Å². The fourth-order valence-corrected chi connectivity index (χ4v) is 2.48. The van der Waals surface area contributed by atoms with E-state index in [9.17, 15) is 0 Å². The molecule has 94 valence electrons. The van der Waals surface area contributed by atoms with Gasteiger partial charge < -0.3 is 15.0 Å². The Kier molecular flexibility index (Phi) is 2.88.